The molecular weight excluding hydrogens is 318 g/mol. The highest BCUT2D eigenvalue weighted by Crippen LogP contribution is 2.25. The summed E-state index contributed by atoms with van der Waals surface area (Å²) in [4.78, 5) is 42.3. The molecule has 1 amide bonds. The fraction of sp³-hybridized carbons (Fsp3) is 0.316. The maximum Gasteiger partial charge on any atom is 0.224 e. The van der Waals surface area contributed by atoms with Gasteiger partial charge in [-0.05, 0) is 31.1 Å². The Morgan fingerprint density at radius 2 is 2.12 bits per heavy atom. The first-order chi connectivity index (χ1) is 12.2. The molecule has 1 atom stereocenters. The second kappa shape index (κ2) is 7.79. The second-order valence-corrected chi connectivity index (χ2v) is 6.08. The van der Waals surface area contributed by atoms with Crippen molar-refractivity contribution in [2.24, 2.45) is 10.9 Å². The number of unbranched alkanes of at least 4 members (excludes halogenated alkanes) is 1. The minimum atomic E-state index is -0.422. The smallest absolute Gasteiger partial charge is 0.224 e. The number of aliphatic imine (C=N–C) groups is 1. The Labute approximate surface area is 145 Å². The summed E-state index contributed by atoms with van der Waals surface area (Å²) in [6, 6.07) is 3.79. The van der Waals surface area contributed by atoms with Crippen molar-refractivity contribution in [3.63, 3.8) is 0 Å². The van der Waals surface area contributed by atoms with E-state index in [2.05, 4.69) is 21.4 Å². The molecule has 0 saturated heterocycles. The fourth-order valence-electron chi connectivity index (χ4n) is 3.07. The van der Waals surface area contributed by atoms with Crippen molar-refractivity contribution < 1.29 is 14.4 Å². The minimum Gasteiger partial charge on any atom is -0.329 e. The number of rotatable bonds is 7. The number of nitrogens with one attached hydrogen (secondary N) is 1. The van der Waals surface area contributed by atoms with Crippen molar-refractivity contribution in [3.05, 3.63) is 41.0 Å². The van der Waals surface area contributed by atoms with Crippen LogP contribution in [0.5, 0.6) is 0 Å². The van der Waals surface area contributed by atoms with Crippen LogP contribution in [-0.2, 0) is 14.4 Å². The van der Waals surface area contributed by atoms with E-state index in [-0.39, 0.29) is 18.2 Å². The summed E-state index contributed by atoms with van der Waals surface area (Å²) in [5, 5.41) is 4.71. The lowest BCUT2D eigenvalue weighted by molar-refractivity contribution is -0.130. The van der Waals surface area contributed by atoms with E-state index in [1.165, 1.54) is 0 Å². The van der Waals surface area contributed by atoms with Gasteiger partial charge in [0.15, 0.2) is 12.1 Å². The maximum absolute atomic E-state index is 12.2. The van der Waals surface area contributed by atoms with E-state index in [1.807, 2.05) is 18.2 Å². The number of hydrogen-bond donors (Lipinski definition) is 1. The van der Waals surface area contributed by atoms with Crippen LogP contribution in [0.15, 0.2) is 35.5 Å². The maximum atomic E-state index is 12.2. The van der Waals surface area contributed by atoms with E-state index >= 15 is 0 Å². The van der Waals surface area contributed by atoms with Crippen LogP contribution in [0.1, 0.15) is 32.1 Å². The van der Waals surface area contributed by atoms with Gasteiger partial charge in [0.05, 0.1) is 11.0 Å². The van der Waals surface area contributed by atoms with E-state index in [9.17, 15) is 14.4 Å². The average molecular weight is 337 g/mol. The highest BCUT2D eigenvalue weighted by atomic mass is 16.2. The molecule has 6 heteroatoms. The second-order valence-electron chi connectivity index (χ2n) is 6.08. The third-order valence-electron chi connectivity index (χ3n) is 4.29. The van der Waals surface area contributed by atoms with Crippen molar-refractivity contribution in [3.8, 4) is 0 Å². The number of nitrogens with zero attached hydrogens (tertiary/aromatic N) is 2. The number of carbonyl (C=O) groups is 3. The largest absolute Gasteiger partial charge is 0.329 e. The van der Waals surface area contributed by atoms with E-state index in [0.717, 1.165) is 22.0 Å². The summed E-state index contributed by atoms with van der Waals surface area (Å²) >= 11 is 0. The molecule has 1 aliphatic carbocycles. The lowest BCUT2D eigenvalue weighted by Crippen LogP contribution is -2.42. The number of hydrogen-bond acceptors (Lipinski definition) is 5. The number of aromatic nitrogens is 1. The highest BCUT2D eigenvalue weighted by molar-refractivity contribution is 6.24. The summed E-state index contributed by atoms with van der Waals surface area (Å²) in [6.45, 7) is 0. The number of Topliss-reactive ketones (excluding diaryl/α,β-unsaturated/α-hetero) is 1. The number of pyridine rings is 1. The minimum absolute atomic E-state index is 0.0879. The average Bonchev–Trinajstić information content (AvgIpc) is 2.65. The van der Waals surface area contributed by atoms with Crippen molar-refractivity contribution in [1.82, 2.24) is 10.3 Å². The van der Waals surface area contributed by atoms with Gasteiger partial charge >= 0.3 is 0 Å². The number of allylic oxidation sites excluding steroid dienone is 1. The topological polar surface area (TPSA) is 88.5 Å². The normalized spacial score (nSPS) is 17.7. The summed E-state index contributed by atoms with van der Waals surface area (Å²) in [7, 11) is 0. The van der Waals surface area contributed by atoms with E-state index in [0.29, 0.717) is 32.0 Å². The number of dihydropyridines is 1. The van der Waals surface area contributed by atoms with Crippen LogP contribution in [0.3, 0.4) is 0 Å². The van der Waals surface area contributed by atoms with Crippen LogP contribution in [0, 0.1) is 5.92 Å². The molecule has 2 aliphatic rings. The van der Waals surface area contributed by atoms with Crippen LogP contribution >= 0.6 is 0 Å². The Kier molecular flexibility index (Phi) is 5.28. The molecule has 128 valence electrons. The zero-order chi connectivity index (χ0) is 17.6. The van der Waals surface area contributed by atoms with Gasteiger partial charge in [-0.3, -0.25) is 24.4 Å². The van der Waals surface area contributed by atoms with Gasteiger partial charge in [-0.1, -0.05) is 6.08 Å². The van der Waals surface area contributed by atoms with Gasteiger partial charge in [-0.15, -0.1) is 0 Å². The molecule has 0 saturated carbocycles. The molecule has 2 heterocycles. The SMILES string of the molecule is O=CC(=O)CCCCC(=O)NC1=c2cccnc2=C2N=CC=CC2C1. The molecule has 0 spiro atoms. The molecule has 0 aromatic carbocycles. The molecule has 0 radical (unpaired) electrons. The molecule has 1 N–H and O–H groups in total. The molecule has 1 aliphatic heterocycles. The van der Waals surface area contributed by atoms with Gasteiger partial charge in [0, 0.05) is 48.5 Å². The quantitative estimate of drug-likeness (QED) is 0.443. The number of carbonyl (C=O) groups excluding carboxylic acids is 3. The lowest BCUT2D eigenvalue weighted by Gasteiger charge is -2.22. The Morgan fingerprint density at radius 3 is 2.96 bits per heavy atom. The summed E-state index contributed by atoms with van der Waals surface area (Å²) in [5.41, 5.74) is 1.79. The molecular formula is C19H19N3O3. The standard InChI is InChI=1S/C19H19N3O3/c23-12-14(24)6-1-2-8-17(25)22-16-11-13-5-3-9-20-18(13)19-15(16)7-4-10-21-19/h3-5,7,9-10,12-13H,1-2,6,8,11H2,(H,22,25). The third kappa shape index (κ3) is 3.96. The van der Waals surface area contributed by atoms with Gasteiger partial charge in [0.25, 0.3) is 0 Å². The zero-order valence-corrected chi connectivity index (χ0v) is 13.8. The van der Waals surface area contributed by atoms with E-state index < -0.39 is 5.78 Å². The van der Waals surface area contributed by atoms with Gasteiger partial charge < -0.3 is 5.32 Å². The zero-order valence-electron chi connectivity index (χ0n) is 13.8. The number of fused-ring (bicyclic) bond motifs is 2. The summed E-state index contributed by atoms with van der Waals surface area (Å²) < 4.78 is 0. The molecule has 1 aromatic rings. The Morgan fingerprint density at radius 1 is 1.28 bits per heavy atom. The van der Waals surface area contributed by atoms with Crippen LogP contribution < -0.4 is 15.9 Å². The Hall–Kier alpha value is -2.89. The summed E-state index contributed by atoms with van der Waals surface area (Å²) in [5.74, 6) is -0.391. The number of ketones is 1. The van der Waals surface area contributed by atoms with Crippen molar-refractivity contribution in [1.29, 1.82) is 0 Å². The monoisotopic (exact) mass is 337 g/mol. The number of aldehydes is 1. The molecule has 25 heavy (non-hydrogen) atoms. The first kappa shape index (κ1) is 17.0. The molecule has 3 rings (SSSR count). The van der Waals surface area contributed by atoms with Gasteiger partial charge in [-0.2, -0.15) is 0 Å². The third-order valence-corrected chi connectivity index (χ3v) is 4.29. The predicted octanol–water partition coefficient (Wildman–Crippen LogP) is 0.403. The first-order valence-electron chi connectivity index (χ1n) is 8.36. The molecule has 6 nitrogen and oxygen atoms in total. The molecule has 1 unspecified atom stereocenters. The van der Waals surface area contributed by atoms with Crippen molar-refractivity contribution >= 4 is 35.6 Å². The number of amides is 1. The van der Waals surface area contributed by atoms with Crippen LogP contribution in [0.2, 0.25) is 0 Å². The molecule has 0 fully saturated rings. The molecule has 1 aromatic heterocycles. The van der Waals surface area contributed by atoms with Gasteiger partial charge in [-0.25, -0.2) is 0 Å². The molecule has 0 bridgehead atoms. The predicted molar refractivity (Wildman–Crippen MR) is 93.7 cm³/mol. The lowest BCUT2D eigenvalue weighted by atomic mass is 9.91. The van der Waals surface area contributed by atoms with E-state index in [4.69, 9.17) is 0 Å². The van der Waals surface area contributed by atoms with Crippen molar-refractivity contribution in [2.45, 2.75) is 32.1 Å². The van der Waals surface area contributed by atoms with Crippen LogP contribution in [0.25, 0.3) is 11.4 Å². The Balaban J connectivity index is 1.73. The Bertz CT molecular complexity index is 883. The van der Waals surface area contributed by atoms with Crippen LogP contribution in [0.4, 0.5) is 0 Å². The van der Waals surface area contributed by atoms with Gasteiger partial charge in [0.2, 0.25) is 5.91 Å². The summed E-state index contributed by atoms with van der Waals surface area (Å²) in [6.07, 6.45) is 10.1. The van der Waals surface area contributed by atoms with Crippen molar-refractivity contribution in [2.75, 3.05) is 0 Å². The fourth-order valence-corrected chi connectivity index (χ4v) is 3.07. The van der Waals surface area contributed by atoms with E-state index in [1.54, 1.807) is 12.4 Å². The van der Waals surface area contributed by atoms with Crippen LogP contribution in [-0.4, -0.2) is 29.2 Å². The first-order valence-corrected chi connectivity index (χ1v) is 8.36. The highest BCUT2D eigenvalue weighted by Gasteiger charge is 2.22. The van der Waals surface area contributed by atoms with Gasteiger partial charge in [0.1, 0.15) is 0 Å².